The summed E-state index contributed by atoms with van der Waals surface area (Å²) < 4.78 is 42.5. The third-order valence-corrected chi connectivity index (χ3v) is 6.38. The van der Waals surface area contributed by atoms with Crippen LogP contribution in [0.2, 0.25) is 0 Å². The lowest BCUT2D eigenvalue weighted by molar-refractivity contribution is -0.274. The summed E-state index contributed by atoms with van der Waals surface area (Å²) in [5.41, 5.74) is 5.98. The Morgan fingerprint density at radius 3 is 2.43 bits per heavy atom. The molecule has 0 aliphatic heterocycles. The molecule has 3 aromatic carbocycles. The van der Waals surface area contributed by atoms with Crippen molar-refractivity contribution in [2.45, 2.75) is 38.6 Å². The Hall–Kier alpha value is -3.92. The van der Waals surface area contributed by atoms with Crippen molar-refractivity contribution in [2.75, 3.05) is 5.32 Å². The number of aromatic nitrogens is 3. The van der Waals surface area contributed by atoms with Crippen LogP contribution in [0.1, 0.15) is 29.0 Å². The van der Waals surface area contributed by atoms with Gasteiger partial charge >= 0.3 is 6.36 Å². The van der Waals surface area contributed by atoms with E-state index in [0.717, 1.165) is 23.2 Å². The first-order valence-electron chi connectivity index (χ1n) is 11.7. The van der Waals surface area contributed by atoms with Crippen molar-refractivity contribution in [3.63, 3.8) is 0 Å². The van der Waals surface area contributed by atoms with Crippen molar-refractivity contribution in [3.8, 4) is 22.8 Å². The van der Waals surface area contributed by atoms with Crippen LogP contribution >= 0.6 is 12.2 Å². The third kappa shape index (κ3) is 6.08. The molecule has 5 rings (SSSR count). The number of alkyl halides is 3. The van der Waals surface area contributed by atoms with Crippen molar-refractivity contribution in [1.82, 2.24) is 20.1 Å². The van der Waals surface area contributed by atoms with Gasteiger partial charge in [-0.1, -0.05) is 42.0 Å². The maximum atomic E-state index is 12.4. The van der Waals surface area contributed by atoms with Gasteiger partial charge in [-0.25, -0.2) is 9.67 Å². The van der Waals surface area contributed by atoms with Crippen LogP contribution in [-0.2, 0) is 0 Å². The summed E-state index contributed by atoms with van der Waals surface area (Å²) in [5, 5.41) is 11.8. The zero-order chi connectivity index (χ0) is 26.2. The molecule has 2 atom stereocenters. The molecule has 2 N–H and O–H groups in total. The Morgan fingerprint density at radius 1 is 1.03 bits per heavy atom. The highest BCUT2D eigenvalue weighted by Gasteiger charge is 2.39. The number of hydrogen-bond acceptors (Lipinski definition) is 4. The second-order valence-corrected chi connectivity index (χ2v) is 9.45. The Morgan fingerprint density at radius 2 is 1.76 bits per heavy atom. The van der Waals surface area contributed by atoms with E-state index < -0.39 is 6.36 Å². The van der Waals surface area contributed by atoms with Gasteiger partial charge in [-0.2, -0.15) is 0 Å². The lowest BCUT2D eigenvalue weighted by Gasteiger charge is -2.13. The molecule has 0 bridgehead atoms. The topological polar surface area (TPSA) is 64.0 Å². The standard InChI is InChI=1S/C27H24F3N5OS/c1-16-3-12-23(17(2)13-16)32-26(37)33-24-14-22(24)18-4-6-19(7-5-18)25-31-15-35(34-25)20-8-10-21(11-9-20)36-27(28,29)30/h3-13,15,22,24H,14H2,1-2H3,(H2,32,33,37). The third-order valence-electron chi connectivity index (χ3n) is 6.16. The van der Waals surface area contributed by atoms with Crippen LogP contribution in [-0.4, -0.2) is 32.3 Å². The van der Waals surface area contributed by atoms with E-state index in [1.165, 1.54) is 46.4 Å². The van der Waals surface area contributed by atoms with Gasteiger partial charge in [0.2, 0.25) is 0 Å². The largest absolute Gasteiger partial charge is 0.573 e. The van der Waals surface area contributed by atoms with E-state index in [9.17, 15) is 13.2 Å². The van der Waals surface area contributed by atoms with E-state index in [-0.39, 0.29) is 11.8 Å². The van der Waals surface area contributed by atoms with E-state index in [4.69, 9.17) is 12.2 Å². The summed E-state index contributed by atoms with van der Waals surface area (Å²) in [5.74, 6) is 0.601. The van der Waals surface area contributed by atoms with E-state index in [2.05, 4.69) is 63.6 Å². The molecule has 1 aliphatic rings. The molecule has 6 nitrogen and oxygen atoms in total. The minimum Gasteiger partial charge on any atom is -0.406 e. The summed E-state index contributed by atoms with van der Waals surface area (Å²) in [6, 6.07) is 20.0. The second kappa shape index (κ2) is 9.85. The summed E-state index contributed by atoms with van der Waals surface area (Å²) in [6.45, 7) is 4.12. The minimum absolute atomic E-state index is 0.276. The average Bonchev–Trinajstić information content (AvgIpc) is 3.42. The molecule has 1 fully saturated rings. The number of benzene rings is 3. The molecule has 37 heavy (non-hydrogen) atoms. The zero-order valence-corrected chi connectivity index (χ0v) is 20.9. The number of halogens is 3. The Kier molecular flexibility index (Phi) is 6.59. The molecule has 0 spiro atoms. The number of aryl methyl sites for hydroxylation is 2. The second-order valence-electron chi connectivity index (χ2n) is 9.04. The van der Waals surface area contributed by atoms with Gasteiger partial charge in [0.1, 0.15) is 12.1 Å². The zero-order valence-electron chi connectivity index (χ0n) is 20.1. The average molecular weight is 524 g/mol. The highest BCUT2D eigenvalue weighted by molar-refractivity contribution is 7.80. The van der Waals surface area contributed by atoms with Crippen LogP contribution in [0.15, 0.2) is 73.1 Å². The number of hydrogen-bond donors (Lipinski definition) is 2. The molecule has 2 unspecified atom stereocenters. The summed E-state index contributed by atoms with van der Waals surface area (Å²) in [7, 11) is 0. The van der Waals surface area contributed by atoms with Gasteiger partial charge in [-0.3, -0.25) is 0 Å². The maximum Gasteiger partial charge on any atom is 0.573 e. The molecule has 10 heteroatoms. The molecule has 0 saturated heterocycles. The monoisotopic (exact) mass is 523 g/mol. The number of ether oxygens (including phenoxy) is 1. The smallest absolute Gasteiger partial charge is 0.406 e. The molecular weight excluding hydrogens is 499 g/mol. The highest BCUT2D eigenvalue weighted by Crippen LogP contribution is 2.41. The molecular formula is C27H24F3N5OS. The molecule has 1 heterocycles. The van der Waals surface area contributed by atoms with Crippen LogP contribution in [0.4, 0.5) is 18.9 Å². The van der Waals surface area contributed by atoms with E-state index in [1.807, 2.05) is 18.2 Å². The lowest BCUT2D eigenvalue weighted by atomic mass is 10.1. The number of nitrogens with zero attached hydrogens (tertiary/aromatic N) is 3. The maximum absolute atomic E-state index is 12.4. The first kappa shape index (κ1) is 24.8. The summed E-state index contributed by atoms with van der Waals surface area (Å²) >= 11 is 5.51. The molecule has 190 valence electrons. The quantitative estimate of drug-likeness (QED) is 0.290. The van der Waals surface area contributed by atoms with E-state index in [1.54, 1.807) is 0 Å². The SMILES string of the molecule is Cc1ccc(NC(=S)NC2CC2c2ccc(-c3ncn(-c4ccc(OC(F)(F)F)cc4)n3)cc2)c(C)c1. The van der Waals surface area contributed by atoms with Gasteiger partial charge in [0, 0.05) is 23.2 Å². The Bertz CT molecular complexity index is 1420. The number of anilines is 1. The molecule has 1 aliphatic carbocycles. The van der Waals surface area contributed by atoms with Crippen molar-refractivity contribution >= 4 is 23.0 Å². The molecule has 4 aromatic rings. The Labute approximate surface area is 217 Å². The molecule has 1 aromatic heterocycles. The predicted molar refractivity (Wildman–Crippen MR) is 140 cm³/mol. The fourth-order valence-corrected chi connectivity index (χ4v) is 4.46. The van der Waals surface area contributed by atoms with Crippen LogP contribution in [0.3, 0.4) is 0 Å². The summed E-state index contributed by atoms with van der Waals surface area (Å²) in [6.07, 6.45) is -2.21. The van der Waals surface area contributed by atoms with E-state index >= 15 is 0 Å². The molecule has 1 saturated carbocycles. The fourth-order valence-electron chi connectivity index (χ4n) is 4.20. The van der Waals surface area contributed by atoms with Crippen molar-refractivity contribution in [2.24, 2.45) is 0 Å². The minimum atomic E-state index is -4.73. The highest BCUT2D eigenvalue weighted by atomic mass is 32.1. The van der Waals surface area contributed by atoms with Crippen LogP contribution < -0.4 is 15.4 Å². The first-order valence-corrected chi connectivity index (χ1v) is 12.1. The van der Waals surface area contributed by atoms with Gasteiger partial charge in [0.05, 0.1) is 5.69 Å². The first-order chi connectivity index (χ1) is 17.6. The number of thiocarbonyl (C=S) groups is 1. The Balaban J connectivity index is 1.18. The summed E-state index contributed by atoms with van der Waals surface area (Å²) in [4.78, 5) is 4.34. The van der Waals surface area contributed by atoms with Gasteiger partial charge in [0.15, 0.2) is 10.9 Å². The van der Waals surface area contributed by atoms with E-state index in [0.29, 0.717) is 22.5 Å². The number of rotatable bonds is 6. The van der Waals surface area contributed by atoms with Crippen molar-refractivity contribution in [3.05, 3.63) is 89.7 Å². The molecule has 0 radical (unpaired) electrons. The van der Waals surface area contributed by atoms with Crippen LogP contribution in [0.25, 0.3) is 17.1 Å². The van der Waals surface area contributed by atoms with Gasteiger partial charge in [-0.05, 0) is 73.9 Å². The lowest BCUT2D eigenvalue weighted by Crippen LogP contribution is -2.31. The molecule has 0 amide bonds. The van der Waals surface area contributed by atoms with Crippen molar-refractivity contribution < 1.29 is 17.9 Å². The predicted octanol–water partition coefficient (Wildman–Crippen LogP) is 6.29. The van der Waals surface area contributed by atoms with Gasteiger partial charge in [0.25, 0.3) is 0 Å². The fraction of sp³-hybridized carbons (Fsp3) is 0.222. The normalized spacial score (nSPS) is 16.8. The number of nitrogens with one attached hydrogen (secondary N) is 2. The van der Waals surface area contributed by atoms with Gasteiger partial charge in [-0.15, -0.1) is 18.3 Å². The van der Waals surface area contributed by atoms with Crippen LogP contribution in [0.5, 0.6) is 5.75 Å². The van der Waals surface area contributed by atoms with Crippen molar-refractivity contribution in [1.29, 1.82) is 0 Å². The van der Waals surface area contributed by atoms with Crippen LogP contribution in [0, 0.1) is 13.8 Å². The van der Waals surface area contributed by atoms with Gasteiger partial charge < -0.3 is 15.4 Å².